The molecule has 0 aliphatic carbocycles. The summed E-state index contributed by atoms with van der Waals surface area (Å²) in [6, 6.07) is 7.68. The number of hydrogen-bond donors (Lipinski definition) is 1. The van der Waals surface area contributed by atoms with Gasteiger partial charge >= 0.3 is 0 Å². The van der Waals surface area contributed by atoms with E-state index in [1.807, 2.05) is 0 Å². The van der Waals surface area contributed by atoms with Gasteiger partial charge in [0.05, 0.1) is 11.7 Å². The van der Waals surface area contributed by atoms with E-state index in [-0.39, 0.29) is 34.9 Å². The lowest BCUT2D eigenvalue weighted by Crippen LogP contribution is -2.40. The molecule has 1 aliphatic heterocycles. The van der Waals surface area contributed by atoms with Crippen molar-refractivity contribution in [1.82, 2.24) is 10.1 Å². The number of carbonyl (C=O) groups is 1. The van der Waals surface area contributed by atoms with Crippen LogP contribution in [0.3, 0.4) is 0 Å². The van der Waals surface area contributed by atoms with E-state index < -0.39 is 5.82 Å². The second kappa shape index (κ2) is 6.50. The van der Waals surface area contributed by atoms with Crippen molar-refractivity contribution in [3.63, 3.8) is 0 Å². The highest BCUT2D eigenvalue weighted by Gasteiger charge is 2.27. The van der Waals surface area contributed by atoms with Gasteiger partial charge in [-0.3, -0.25) is 4.79 Å². The van der Waals surface area contributed by atoms with Crippen molar-refractivity contribution in [3.05, 3.63) is 41.8 Å². The third kappa shape index (κ3) is 3.27. The first-order valence-electron chi connectivity index (χ1n) is 7.75. The third-order valence-electron chi connectivity index (χ3n) is 4.38. The van der Waals surface area contributed by atoms with E-state index in [0.29, 0.717) is 13.1 Å². The predicted molar refractivity (Wildman–Crippen MR) is 82.2 cm³/mol. The van der Waals surface area contributed by atoms with E-state index in [0.717, 1.165) is 12.8 Å². The summed E-state index contributed by atoms with van der Waals surface area (Å²) in [6.45, 7) is 2.94. The number of carbonyl (C=O) groups excluding carboxylic acids is 1. The van der Waals surface area contributed by atoms with Crippen molar-refractivity contribution in [3.8, 4) is 11.3 Å². The summed E-state index contributed by atoms with van der Waals surface area (Å²) >= 11 is 0. The van der Waals surface area contributed by atoms with E-state index >= 15 is 0 Å². The fourth-order valence-corrected chi connectivity index (χ4v) is 2.91. The van der Waals surface area contributed by atoms with Crippen LogP contribution in [0.4, 0.5) is 4.39 Å². The smallest absolute Gasteiger partial charge is 0.276 e. The van der Waals surface area contributed by atoms with Crippen LogP contribution in [0, 0.1) is 11.7 Å². The highest BCUT2D eigenvalue weighted by atomic mass is 19.1. The molecule has 2 heterocycles. The Labute approximate surface area is 133 Å². The summed E-state index contributed by atoms with van der Waals surface area (Å²) in [7, 11) is 0. The quantitative estimate of drug-likeness (QED) is 0.945. The molecule has 122 valence electrons. The normalized spacial score (nSPS) is 17.3. The van der Waals surface area contributed by atoms with Crippen LogP contribution >= 0.6 is 0 Å². The molecule has 23 heavy (non-hydrogen) atoms. The first kappa shape index (κ1) is 15.7. The minimum Gasteiger partial charge on any atom is -0.393 e. The molecule has 3 rings (SSSR count). The highest BCUT2D eigenvalue weighted by molar-refractivity contribution is 5.93. The highest BCUT2D eigenvalue weighted by Crippen LogP contribution is 2.25. The fourth-order valence-electron chi connectivity index (χ4n) is 2.91. The van der Waals surface area contributed by atoms with E-state index in [1.165, 1.54) is 12.1 Å². The van der Waals surface area contributed by atoms with E-state index in [4.69, 9.17) is 4.52 Å². The van der Waals surface area contributed by atoms with E-state index in [1.54, 1.807) is 30.0 Å². The van der Waals surface area contributed by atoms with Gasteiger partial charge in [0, 0.05) is 19.2 Å². The first-order valence-corrected chi connectivity index (χ1v) is 7.75. The maximum Gasteiger partial charge on any atom is 0.276 e. The average Bonchev–Trinajstić information content (AvgIpc) is 3.04. The van der Waals surface area contributed by atoms with Gasteiger partial charge in [0.15, 0.2) is 11.5 Å². The number of amides is 1. The zero-order chi connectivity index (χ0) is 16.4. The van der Waals surface area contributed by atoms with Crippen molar-refractivity contribution in [2.24, 2.45) is 5.92 Å². The van der Waals surface area contributed by atoms with Crippen LogP contribution in [0.5, 0.6) is 0 Å². The lowest BCUT2D eigenvalue weighted by molar-refractivity contribution is 0.0514. The van der Waals surface area contributed by atoms with Crippen LogP contribution in [-0.2, 0) is 0 Å². The lowest BCUT2D eigenvalue weighted by atomic mass is 9.92. The molecule has 0 spiro atoms. The van der Waals surface area contributed by atoms with Crippen LogP contribution < -0.4 is 0 Å². The second-order valence-corrected chi connectivity index (χ2v) is 5.93. The Morgan fingerprint density at radius 3 is 2.74 bits per heavy atom. The number of hydrogen-bond acceptors (Lipinski definition) is 4. The van der Waals surface area contributed by atoms with Crippen LogP contribution in [-0.4, -0.2) is 40.3 Å². The molecule has 1 aliphatic rings. The molecular formula is C17H19FN2O3. The van der Waals surface area contributed by atoms with Crippen LogP contribution in [0.25, 0.3) is 11.3 Å². The standard InChI is InChI=1S/C17H19FN2O3/c1-11(21)12-6-8-20(9-7-12)17(22)15-10-16(23-19-15)13-4-2-3-5-14(13)18/h2-5,10-12,21H,6-9H2,1H3. The van der Waals surface area contributed by atoms with Crippen molar-refractivity contribution in [2.45, 2.75) is 25.9 Å². The minimum absolute atomic E-state index is 0.179. The summed E-state index contributed by atoms with van der Waals surface area (Å²) < 4.78 is 18.9. The summed E-state index contributed by atoms with van der Waals surface area (Å²) in [4.78, 5) is 14.1. The Morgan fingerprint density at radius 2 is 2.09 bits per heavy atom. The Morgan fingerprint density at radius 1 is 1.39 bits per heavy atom. The monoisotopic (exact) mass is 318 g/mol. The number of aromatic nitrogens is 1. The molecule has 2 aromatic rings. The third-order valence-corrected chi connectivity index (χ3v) is 4.38. The molecule has 1 unspecified atom stereocenters. The molecule has 1 amide bonds. The number of piperidine rings is 1. The van der Waals surface area contributed by atoms with Gasteiger partial charge < -0.3 is 14.5 Å². The maximum atomic E-state index is 13.8. The Kier molecular flexibility index (Phi) is 4.43. The van der Waals surface area contributed by atoms with Crippen LogP contribution in [0.15, 0.2) is 34.9 Å². The number of halogens is 1. The minimum atomic E-state index is -0.416. The van der Waals surface area contributed by atoms with Crippen molar-refractivity contribution < 1.29 is 18.8 Å². The molecule has 1 aromatic heterocycles. The summed E-state index contributed by atoms with van der Waals surface area (Å²) in [6.07, 6.45) is 1.18. The largest absolute Gasteiger partial charge is 0.393 e. The van der Waals surface area contributed by atoms with Crippen molar-refractivity contribution >= 4 is 5.91 Å². The average molecular weight is 318 g/mol. The van der Waals surface area contributed by atoms with Gasteiger partial charge in [0.2, 0.25) is 0 Å². The Hall–Kier alpha value is -2.21. The molecule has 1 saturated heterocycles. The number of benzene rings is 1. The zero-order valence-corrected chi connectivity index (χ0v) is 12.9. The molecule has 0 saturated carbocycles. The molecule has 5 nitrogen and oxygen atoms in total. The molecule has 1 aromatic carbocycles. The summed E-state index contributed by atoms with van der Waals surface area (Å²) in [5.41, 5.74) is 0.464. The number of aliphatic hydroxyl groups excluding tert-OH is 1. The Balaban J connectivity index is 1.71. The predicted octanol–water partition coefficient (Wildman–Crippen LogP) is 2.71. The van der Waals surface area contributed by atoms with Crippen molar-refractivity contribution in [2.75, 3.05) is 13.1 Å². The molecule has 0 radical (unpaired) electrons. The second-order valence-electron chi connectivity index (χ2n) is 5.93. The topological polar surface area (TPSA) is 66.6 Å². The van der Waals surface area contributed by atoms with Gasteiger partial charge in [-0.25, -0.2) is 4.39 Å². The fraction of sp³-hybridized carbons (Fsp3) is 0.412. The van der Waals surface area contributed by atoms with E-state index in [2.05, 4.69) is 5.16 Å². The Bertz CT molecular complexity index is 691. The van der Waals surface area contributed by atoms with Gasteiger partial charge in [0.25, 0.3) is 5.91 Å². The molecule has 1 N–H and O–H groups in total. The zero-order valence-electron chi connectivity index (χ0n) is 12.9. The van der Waals surface area contributed by atoms with Gasteiger partial charge in [-0.15, -0.1) is 0 Å². The molecular weight excluding hydrogens is 299 g/mol. The number of aliphatic hydroxyl groups is 1. The van der Waals surface area contributed by atoms with Gasteiger partial charge in [-0.2, -0.15) is 0 Å². The summed E-state index contributed by atoms with van der Waals surface area (Å²) in [5, 5.41) is 13.4. The number of likely N-dealkylation sites (tertiary alicyclic amines) is 1. The molecule has 1 atom stereocenters. The molecule has 6 heteroatoms. The first-order chi connectivity index (χ1) is 11.1. The molecule has 0 bridgehead atoms. The summed E-state index contributed by atoms with van der Waals surface area (Å²) in [5.74, 6) is -0.170. The van der Waals surface area contributed by atoms with Crippen molar-refractivity contribution in [1.29, 1.82) is 0 Å². The number of nitrogens with zero attached hydrogens (tertiary/aromatic N) is 2. The van der Waals surface area contributed by atoms with Gasteiger partial charge in [-0.1, -0.05) is 17.3 Å². The van der Waals surface area contributed by atoms with Gasteiger partial charge in [0.1, 0.15) is 5.82 Å². The van der Waals surface area contributed by atoms with Crippen LogP contribution in [0.2, 0.25) is 0 Å². The molecule has 1 fully saturated rings. The van der Waals surface area contributed by atoms with Crippen LogP contribution in [0.1, 0.15) is 30.3 Å². The number of rotatable bonds is 3. The SMILES string of the molecule is CC(O)C1CCN(C(=O)c2cc(-c3ccccc3F)on2)CC1. The lowest BCUT2D eigenvalue weighted by Gasteiger charge is -2.32. The maximum absolute atomic E-state index is 13.8. The van der Waals surface area contributed by atoms with Gasteiger partial charge in [-0.05, 0) is 37.8 Å². The van der Waals surface area contributed by atoms with E-state index in [9.17, 15) is 14.3 Å².